The summed E-state index contributed by atoms with van der Waals surface area (Å²) < 4.78 is 0. The minimum Gasteiger partial charge on any atom is -0.508 e. The van der Waals surface area contributed by atoms with Crippen molar-refractivity contribution in [3.05, 3.63) is 46.2 Å². The first kappa shape index (κ1) is 21.1. The number of phenolic OH excluding ortho intramolecular Hbond substituents is 1. The summed E-state index contributed by atoms with van der Waals surface area (Å²) in [7, 11) is 4.45. The van der Waals surface area contributed by atoms with Gasteiger partial charge in [0.1, 0.15) is 22.8 Å². The van der Waals surface area contributed by atoms with Gasteiger partial charge in [0.05, 0.1) is 11.6 Å². The molecular formula is C22H24N2O7. The van der Waals surface area contributed by atoms with Crippen molar-refractivity contribution in [3.8, 4) is 5.75 Å². The second-order valence-electron chi connectivity index (χ2n) is 8.49. The van der Waals surface area contributed by atoms with E-state index in [2.05, 4.69) is 5.32 Å². The number of hydrogen-bond donors (Lipinski definition) is 5. The number of Topliss-reactive ketones (excluding diaryl/α,β-unsaturated/α-hetero) is 2. The van der Waals surface area contributed by atoms with Gasteiger partial charge in [-0.05, 0) is 44.5 Å². The molecule has 164 valence electrons. The molecule has 31 heavy (non-hydrogen) atoms. The fourth-order valence-corrected chi connectivity index (χ4v) is 5.29. The van der Waals surface area contributed by atoms with Crippen LogP contribution in [-0.4, -0.2) is 75.6 Å². The number of hydrogen-bond acceptors (Lipinski definition) is 8. The highest BCUT2D eigenvalue weighted by atomic mass is 16.3. The Morgan fingerprint density at radius 3 is 2.48 bits per heavy atom. The number of fused-ring (bicyclic) bond motifs is 3. The molecule has 0 saturated heterocycles. The molecule has 2 unspecified atom stereocenters. The average molecular weight is 428 g/mol. The smallest absolute Gasteiger partial charge is 0.258 e. The Bertz CT molecular complexity index is 1090. The summed E-state index contributed by atoms with van der Waals surface area (Å²) >= 11 is 0. The fraction of sp³-hybridized carbons (Fsp3) is 0.409. The zero-order chi connectivity index (χ0) is 22.8. The number of aliphatic hydroxyl groups is 3. The highest BCUT2D eigenvalue weighted by Crippen LogP contribution is 2.52. The number of ketones is 2. The van der Waals surface area contributed by atoms with Gasteiger partial charge in [-0.1, -0.05) is 12.1 Å². The molecule has 0 aromatic heterocycles. The van der Waals surface area contributed by atoms with Crippen molar-refractivity contribution >= 4 is 23.2 Å². The van der Waals surface area contributed by atoms with E-state index in [1.807, 2.05) is 0 Å². The summed E-state index contributed by atoms with van der Waals surface area (Å²) in [6.45, 7) is 0. The molecule has 1 aromatic carbocycles. The molecule has 0 bridgehead atoms. The van der Waals surface area contributed by atoms with Crippen molar-refractivity contribution in [2.45, 2.75) is 24.5 Å². The van der Waals surface area contributed by atoms with E-state index in [-0.39, 0.29) is 23.3 Å². The number of nitrogens with one attached hydrogen (secondary N) is 1. The number of amides is 1. The first-order valence-corrected chi connectivity index (χ1v) is 9.93. The van der Waals surface area contributed by atoms with Crippen molar-refractivity contribution in [2.75, 3.05) is 21.1 Å². The normalized spacial score (nSPS) is 30.2. The third-order valence-electron chi connectivity index (χ3n) is 6.67. The Kier molecular flexibility index (Phi) is 4.71. The summed E-state index contributed by atoms with van der Waals surface area (Å²) in [5, 5.41) is 45.7. The fourth-order valence-electron chi connectivity index (χ4n) is 5.29. The van der Waals surface area contributed by atoms with Crippen LogP contribution < -0.4 is 5.32 Å². The number of likely N-dealkylation sites (N-methyl/N-ethyl adjacent to an activating group) is 2. The van der Waals surface area contributed by atoms with Crippen LogP contribution in [0.15, 0.2) is 35.1 Å². The van der Waals surface area contributed by atoms with Crippen molar-refractivity contribution in [3.63, 3.8) is 0 Å². The predicted molar refractivity (Wildman–Crippen MR) is 109 cm³/mol. The SMILES string of the molecule is CNC(=O)C1=C(O)[C@@]2(O)C(=O)C3=C(O)c4c(O)cccc4CC3CC2[C@H](N(C)C)C1=O. The number of aromatic hydroxyl groups is 1. The number of benzene rings is 1. The molecule has 3 aliphatic carbocycles. The van der Waals surface area contributed by atoms with Crippen LogP contribution in [0.3, 0.4) is 0 Å². The molecule has 1 saturated carbocycles. The minimum absolute atomic E-state index is 0.107. The maximum atomic E-state index is 13.6. The molecule has 5 N–H and O–H groups in total. The molecule has 0 radical (unpaired) electrons. The Labute approximate surface area is 178 Å². The zero-order valence-corrected chi connectivity index (χ0v) is 17.3. The van der Waals surface area contributed by atoms with Gasteiger partial charge in [0.15, 0.2) is 11.4 Å². The van der Waals surface area contributed by atoms with Crippen molar-refractivity contribution in [1.29, 1.82) is 0 Å². The van der Waals surface area contributed by atoms with Gasteiger partial charge in [-0.2, -0.15) is 0 Å². The van der Waals surface area contributed by atoms with Crippen LogP contribution in [0.25, 0.3) is 5.76 Å². The number of carbonyl (C=O) groups excluding carboxylic acids is 3. The van der Waals surface area contributed by atoms with E-state index < -0.39 is 58.0 Å². The second kappa shape index (κ2) is 6.93. The van der Waals surface area contributed by atoms with E-state index in [4.69, 9.17) is 0 Å². The Balaban J connectivity index is 1.97. The number of rotatable bonds is 2. The van der Waals surface area contributed by atoms with Crippen molar-refractivity contribution in [1.82, 2.24) is 10.2 Å². The maximum Gasteiger partial charge on any atom is 0.258 e. The second-order valence-corrected chi connectivity index (χ2v) is 8.49. The first-order chi connectivity index (χ1) is 14.5. The Morgan fingerprint density at radius 1 is 1.19 bits per heavy atom. The van der Waals surface area contributed by atoms with Gasteiger partial charge in [-0.15, -0.1) is 0 Å². The van der Waals surface area contributed by atoms with Gasteiger partial charge in [-0.3, -0.25) is 19.3 Å². The summed E-state index contributed by atoms with van der Waals surface area (Å²) in [5.41, 5.74) is -2.62. The highest BCUT2D eigenvalue weighted by Gasteiger charge is 2.64. The van der Waals surface area contributed by atoms with Crippen LogP contribution in [0.4, 0.5) is 0 Å². The summed E-state index contributed by atoms with van der Waals surface area (Å²) in [4.78, 5) is 40.6. The molecular weight excluding hydrogens is 404 g/mol. The topological polar surface area (TPSA) is 147 Å². The van der Waals surface area contributed by atoms with E-state index in [9.17, 15) is 34.8 Å². The van der Waals surface area contributed by atoms with Gasteiger partial charge < -0.3 is 25.7 Å². The van der Waals surface area contributed by atoms with Crippen LogP contribution in [0, 0.1) is 11.8 Å². The molecule has 9 heteroatoms. The summed E-state index contributed by atoms with van der Waals surface area (Å²) in [6, 6.07) is 3.70. The van der Waals surface area contributed by atoms with E-state index in [1.165, 1.54) is 18.0 Å². The summed E-state index contributed by atoms with van der Waals surface area (Å²) in [6.07, 6.45) is 0.416. The first-order valence-electron chi connectivity index (χ1n) is 9.93. The highest BCUT2D eigenvalue weighted by molar-refractivity contribution is 6.24. The van der Waals surface area contributed by atoms with Crippen LogP contribution in [0.5, 0.6) is 5.75 Å². The van der Waals surface area contributed by atoms with Crippen LogP contribution in [-0.2, 0) is 20.8 Å². The standard InChI is InChI=1S/C22H24N2O7/c1-23-21(30)15-18(27)16(24(2)3)11-8-10-7-9-5-4-6-12(25)13(9)17(26)14(10)19(28)22(11,31)20(15)29/h4-6,10-11,16,25-26,29,31H,7-8H2,1-3H3,(H,23,30)/t10?,11?,16-,22-/m0/s1. The van der Waals surface area contributed by atoms with Gasteiger partial charge in [-0.25, -0.2) is 0 Å². The number of carbonyl (C=O) groups is 3. The molecule has 4 rings (SSSR count). The lowest BCUT2D eigenvalue weighted by Crippen LogP contribution is -2.65. The maximum absolute atomic E-state index is 13.6. The quantitative estimate of drug-likeness (QED) is 0.421. The Hall–Kier alpha value is -3.17. The molecule has 4 atom stereocenters. The number of phenols is 1. The van der Waals surface area contributed by atoms with E-state index in [1.54, 1.807) is 26.2 Å². The molecule has 9 nitrogen and oxygen atoms in total. The van der Waals surface area contributed by atoms with Gasteiger partial charge >= 0.3 is 0 Å². The monoisotopic (exact) mass is 428 g/mol. The Morgan fingerprint density at radius 2 is 1.87 bits per heavy atom. The molecule has 0 spiro atoms. The largest absolute Gasteiger partial charge is 0.508 e. The molecule has 1 fully saturated rings. The molecule has 0 aliphatic heterocycles. The molecule has 1 amide bonds. The third kappa shape index (κ3) is 2.66. The van der Waals surface area contributed by atoms with Crippen LogP contribution in [0.2, 0.25) is 0 Å². The zero-order valence-electron chi connectivity index (χ0n) is 17.3. The lowest BCUT2D eigenvalue weighted by atomic mass is 9.57. The minimum atomic E-state index is -2.56. The lowest BCUT2D eigenvalue weighted by molar-refractivity contribution is -0.153. The van der Waals surface area contributed by atoms with Gasteiger partial charge in [0, 0.05) is 18.5 Å². The number of nitrogens with zero attached hydrogens (tertiary/aromatic N) is 1. The van der Waals surface area contributed by atoms with Gasteiger partial charge in [0.2, 0.25) is 5.78 Å². The van der Waals surface area contributed by atoms with Crippen molar-refractivity contribution in [2.24, 2.45) is 11.8 Å². The van der Waals surface area contributed by atoms with E-state index >= 15 is 0 Å². The third-order valence-corrected chi connectivity index (χ3v) is 6.67. The lowest BCUT2D eigenvalue weighted by Gasteiger charge is -2.50. The van der Waals surface area contributed by atoms with Crippen molar-refractivity contribution < 1.29 is 34.8 Å². The number of aliphatic hydroxyl groups excluding tert-OH is 2. The van der Waals surface area contributed by atoms with Crippen LogP contribution in [0.1, 0.15) is 17.5 Å². The molecule has 0 heterocycles. The van der Waals surface area contributed by atoms with E-state index in [0.29, 0.717) is 12.0 Å². The summed E-state index contributed by atoms with van der Waals surface area (Å²) in [5.74, 6) is -5.82. The van der Waals surface area contributed by atoms with Gasteiger partial charge in [0.25, 0.3) is 5.91 Å². The molecule has 1 aromatic rings. The average Bonchev–Trinajstić information content (AvgIpc) is 2.70. The van der Waals surface area contributed by atoms with Crippen LogP contribution >= 0.6 is 0 Å². The predicted octanol–water partition coefficient (Wildman–Crippen LogP) is 0.225. The van der Waals surface area contributed by atoms with E-state index in [0.717, 1.165) is 0 Å². The molecule has 3 aliphatic rings.